The molecule has 0 spiro atoms. The van der Waals surface area contributed by atoms with Crippen LogP contribution in [0.2, 0.25) is 0 Å². The summed E-state index contributed by atoms with van der Waals surface area (Å²) in [5.41, 5.74) is -1.25. The Hall–Kier alpha value is -2.17. The zero-order chi connectivity index (χ0) is 24.4. The van der Waals surface area contributed by atoms with Crippen LogP contribution in [0.15, 0.2) is 21.9 Å². The standard InChI is InChI=1S/C20H30N4O10/c25-13-3-5-24(20(31)23-13)7-11-15(27)16(28)12(33-11)8-32-19-17(29)14(26)10(34-19)6-22-18(30)9-2-1-4-21-9/h3,5,9-12,14-17,19,21,26-29H,1-2,4,6-8H2,(H,22,30)(H,23,25,31)/t9-,10+,11-,12+,14+,15+,16+,17+,19+/m0/s1. The summed E-state index contributed by atoms with van der Waals surface area (Å²) in [6.07, 6.45) is -6.60. The number of nitrogens with zero attached hydrogens (tertiary/aromatic N) is 1. The first-order chi connectivity index (χ1) is 16.2. The zero-order valence-electron chi connectivity index (χ0n) is 18.3. The van der Waals surface area contributed by atoms with Gasteiger partial charge in [-0.2, -0.15) is 0 Å². The molecule has 0 bridgehead atoms. The Kier molecular flexibility index (Phi) is 7.79. The van der Waals surface area contributed by atoms with Gasteiger partial charge < -0.3 is 45.3 Å². The fraction of sp³-hybridized carbons (Fsp3) is 0.750. The smallest absolute Gasteiger partial charge is 0.328 e. The van der Waals surface area contributed by atoms with Crippen molar-refractivity contribution in [2.45, 2.75) is 74.4 Å². The number of ether oxygens (including phenoxy) is 3. The number of hydrogen-bond acceptors (Lipinski definition) is 11. The molecule has 4 heterocycles. The van der Waals surface area contributed by atoms with Crippen LogP contribution in [0.5, 0.6) is 0 Å². The number of H-pyrrole nitrogens is 1. The second-order valence-corrected chi connectivity index (χ2v) is 8.71. The molecule has 0 aliphatic carbocycles. The summed E-state index contributed by atoms with van der Waals surface area (Å²) in [6, 6.07) is 0.857. The van der Waals surface area contributed by atoms with Gasteiger partial charge in [-0.25, -0.2) is 4.79 Å². The molecular weight excluding hydrogens is 456 g/mol. The molecule has 0 aromatic carbocycles. The molecule has 14 nitrogen and oxygen atoms in total. The average molecular weight is 486 g/mol. The molecule has 0 saturated carbocycles. The molecular formula is C20H30N4O10. The van der Waals surface area contributed by atoms with Gasteiger partial charge in [-0.15, -0.1) is 0 Å². The van der Waals surface area contributed by atoms with Gasteiger partial charge in [-0.3, -0.25) is 19.1 Å². The number of hydrogen-bond donors (Lipinski definition) is 7. The number of aromatic amines is 1. The van der Waals surface area contributed by atoms with Crippen LogP contribution >= 0.6 is 0 Å². The first-order valence-corrected chi connectivity index (χ1v) is 11.2. The van der Waals surface area contributed by atoms with Crippen LogP contribution in [0.3, 0.4) is 0 Å². The van der Waals surface area contributed by atoms with Crippen molar-refractivity contribution in [1.29, 1.82) is 0 Å². The molecule has 3 fully saturated rings. The van der Waals surface area contributed by atoms with Gasteiger partial charge in [0.15, 0.2) is 6.29 Å². The minimum atomic E-state index is -1.40. The molecule has 1 aromatic heterocycles. The lowest BCUT2D eigenvalue weighted by Gasteiger charge is -2.20. The maximum absolute atomic E-state index is 12.1. The molecule has 1 aromatic rings. The maximum Gasteiger partial charge on any atom is 0.328 e. The molecule has 3 saturated heterocycles. The highest BCUT2D eigenvalue weighted by atomic mass is 16.7. The molecule has 3 aliphatic heterocycles. The minimum Gasteiger partial charge on any atom is -0.388 e. The molecule has 34 heavy (non-hydrogen) atoms. The fourth-order valence-corrected chi connectivity index (χ4v) is 4.34. The van der Waals surface area contributed by atoms with Crippen molar-refractivity contribution in [2.24, 2.45) is 0 Å². The number of nitrogens with one attached hydrogen (secondary N) is 3. The third-order valence-electron chi connectivity index (χ3n) is 6.33. The Morgan fingerprint density at radius 1 is 1.09 bits per heavy atom. The van der Waals surface area contributed by atoms with Crippen LogP contribution in [0.4, 0.5) is 0 Å². The predicted molar refractivity (Wildman–Crippen MR) is 113 cm³/mol. The third kappa shape index (κ3) is 5.39. The van der Waals surface area contributed by atoms with E-state index in [1.54, 1.807) is 0 Å². The van der Waals surface area contributed by atoms with E-state index in [0.29, 0.717) is 0 Å². The summed E-state index contributed by atoms with van der Waals surface area (Å²) in [7, 11) is 0. The largest absolute Gasteiger partial charge is 0.388 e. The Morgan fingerprint density at radius 3 is 2.53 bits per heavy atom. The number of carbonyl (C=O) groups is 1. The second-order valence-electron chi connectivity index (χ2n) is 8.71. The first kappa shape index (κ1) is 24.9. The van der Waals surface area contributed by atoms with Crippen molar-refractivity contribution in [2.75, 3.05) is 19.7 Å². The molecule has 1 amide bonds. The minimum absolute atomic E-state index is 0.0215. The third-order valence-corrected chi connectivity index (χ3v) is 6.33. The van der Waals surface area contributed by atoms with Crippen molar-refractivity contribution in [3.8, 4) is 0 Å². The molecule has 9 atom stereocenters. The second kappa shape index (κ2) is 10.6. The van der Waals surface area contributed by atoms with Crippen LogP contribution in [0.25, 0.3) is 0 Å². The quantitative estimate of drug-likeness (QED) is 0.186. The van der Waals surface area contributed by atoms with E-state index in [1.165, 1.54) is 6.20 Å². The predicted octanol–water partition coefficient (Wildman–Crippen LogP) is -4.64. The van der Waals surface area contributed by atoms with Crippen molar-refractivity contribution in [3.63, 3.8) is 0 Å². The van der Waals surface area contributed by atoms with E-state index >= 15 is 0 Å². The van der Waals surface area contributed by atoms with Crippen LogP contribution in [-0.4, -0.2) is 111 Å². The first-order valence-electron chi connectivity index (χ1n) is 11.2. The molecule has 4 rings (SSSR count). The van der Waals surface area contributed by atoms with Crippen molar-refractivity contribution >= 4 is 5.91 Å². The van der Waals surface area contributed by atoms with E-state index in [1.807, 2.05) is 0 Å². The van der Waals surface area contributed by atoms with Crippen molar-refractivity contribution in [3.05, 3.63) is 33.1 Å². The number of aliphatic hydroxyl groups is 4. The lowest BCUT2D eigenvalue weighted by Crippen LogP contribution is -2.45. The Balaban J connectivity index is 1.27. The summed E-state index contributed by atoms with van der Waals surface area (Å²) in [4.78, 5) is 37.3. The number of aliphatic hydroxyl groups excluding tert-OH is 4. The summed E-state index contributed by atoms with van der Waals surface area (Å²) in [5.74, 6) is -0.212. The van der Waals surface area contributed by atoms with E-state index in [0.717, 1.165) is 30.0 Å². The fourth-order valence-electron chi connectivity index (χ4n) is 4.34. The highest BCUT2D eigenvalue weighted by molar-refractivity contribution is 5.82. The average Bonchev–Trinajstić information content (AvgIpc) is 3.50. The maximum atomic E-state index is 12.1. The van der Waals surface area contributed by atoms with Gasteiger partial charge in [-0.1, -0.05) is 0 Å². The highest BCUT2D eigenvalue weighted by Crippen LogP contribution is 2.26. The summed E-state index contributed by atoms with van der Waals surface area (Å²) in [6.45, 7) is 0.339. The van der Waals surface area contributed by atoms with Gasteiger partial charge in [-0.05, 0) is 19.4 Å². The van der Waals surface area contributed by atoms with E-state index in [4.69, 9.17) is 14.2 Å². The SMILES string of the molecule is O=C(NC[C@H]1O[C@@H](OC[C@H]2O[C@@H](Cn3ccc(=O)[nH]c3=O)[C@@H](O)[C@@H]2O)[C@H](O)[C@@H]1O)[C@@H]1CCCN1. The van der Waals surface area contributed by atoms with Gasteiger partial charge >= 0.3 is 5.69 Å². The summed E-state index contributed by atoms with van der Waals surface area (Å²) >= 11 is 0. The Morgan fingerprint density at radius 2 is 1.82 bits per heavy atom. The summed E-state index contributed by atoms with van der Waals surface area (Å²) < 4.78 is 17.8. The lowest BCUT2D eigenvalue weighted by molar-refractivity contribution is -0.185. The molecule has 3 aliphatic rings. The normalized spacial score (nSPS) is 37.8. The molecule has 0 radical (unpaired) electrons. The Labute approximate surface area is 193 Å². The molecule has 0 unspecified atom stereocenters. The lowest BCUT2D eigenvalue weighted by atomic mass is 10.1. The number of carbonyl (C=O) groups excluding carboxylic acids is 1. The van der Waals surface area contributed by atoms with E-state index in [2.05, 4.69) is 15.6 Å². The number of amides is 1. The van der Waals surface area contributed by atoms with Crippen LogP contribution in [0, 0.1) is 0 Å². The number of aromatic nitrogens is 2. The van der Waals surface area contributed by atoms with Crippen LogP contribution in [-0.2, 0) is 25.5 Å². The molecule has 14 heteroatoms. The Bertz CT molecular complexity index is 963. The summed E-state index contributed by atoms with van der Waals surface area (Å²) in [5, 5.41) is 46.8. The van der Waals surface area contributed by atoms with E-state index < -0.39 is 60.3 Å². The van der Waals surface area contributed by atoms with Crippen LogP contribution < -0.4 is 21.9 Å². The van der Waals surface area contributed by atoms with Crippen molar-refractivity contribution < 1.29 is 39.4 Å². The van der Waals surface area contributed by atoms with Crippen molar-refractivity contribution in [1.82, 2.24) is 20.2 Å². The van der Waals surface area contributed by atoms with Gasteiger partial charge in [0.25, 0.3) is 5.56 Å². The number of rotatable bonds is 8. The molecule has 7 N–H and O–H groups in total. The van der Waals surface area contributed by atoms with E-state index in [-0.39, 0.29) is 31.6 Å². The zero-order valence-corrected chi connectivity index (χ0v) is 18.3. The monoisotopic (exact) mass is 486 g/mol. The molecule has 190 valence electrons. The highest BCUT2D eigenvalue weighted by Gasteiger charge is 2.47. The topological polar surface area (TPSA) is 205 Å². The van der Waals surface area contributed by atoms with Gasteiger partial charge in [0.2, 0.25) is 5.91 Å². The van der Waals surface area contributed by atoms with E-state index in [9.17, 15) is 34.8 Å². The van der Waals surface area contributed by atoms with Gasteiger partial charge in [0.05, 0.1) is 19.2 Å². The van der Waals surface area contributed by atoms with Gasteiger partial charge in [0, 0.05) is 18.8 Å². The van der Waals surface area contributed by atoms with Gasteiger partial charge in [0.1, 0.15) is 42.7 Å². The van der Waals surface area contributed by atoms with Crippen LogP contribution in [0.1, 0.15) is 12.8 Å².